The van der Waals surface area contributed by atoms with Crippen molar-refractivity contribution in [1.82, 2.24) is 15.0 Å². The Morgan fingerprint density at radius 1 is 1.00 bits per heavy atom. The zero-order valence-electron chi connectivity index (χ0n) is 17.6. The fraction of sp³-hybridized carbons (Fsp3) is 0.167. The molecule has 0 aliphatic heterocycles. The lowest BCUT2D eigenvalue weighted by molar-refractivity contribution is 0.112. The molecule has 7 heteroatoms. The third-order valence-corrected chi connectivity index (χ3v) is 6.55. The molecule has 0 aliphatic rings. The van der Waals surface area contributed by atoms with E-state index in [1.165, 1.54) is 15.3 Å². The van der Waals surface area contributed by atoms with Crippen molar-refractivity contribution in [3.63, 3.8) is 0 Å². The lowest BCUT2D eigenvalue weighted by Gasteiger charge is -2.05. The number of aliphatic hydroxyl groups excluding tert-OH is 1. The molecular weight excluding hydrogens is 426 g/mol. The molecule has 0 saturated heterocycles. The smallest absolute Gasteiger partial charge is 0.188 e. The summed E-state index contributed by atoms with van der Waals surface area (Å²) in [4.78, 5) is 26.7. The van der Waals surface area contributed by atoms with Crippen molar-refractivity contribution >= 4 is 29.4 Å². The molecule has 158 valence electrons. The predicted octanol–water partition coefficient (Wildman–Crippen LogP) is 5.60. The Kier molecular flexibility index (Phi) is 8.06. The molecule has 1 aromatic carbocycles. The van der Waals surface area contributed by atoms with Crippen LogP contribution in [0.25, 0.3) is 20.9 Å². The van der Waals surface area contributed by atoms with E-state index in [9.17, 15) is 4.79 Å². The number of thiophene rings is 1. The van der Waals surface area contributed by atoms with Crippen molar-refractivity contribution in [1.29, 1.82) is 0 Å². The maximum Gasteiger partial charge on any atom is 0.188 e. The molecule has 4 rings (SSSR count). The zero-order chi connectivity index (χ0) is 22.2. The maximum atomic E-state index is 11.0. The van der Waals surface area contributed by atoms with Crippen LogP contribution in [0.1, 0.15) is 27.3 Å². The third-order valence-electron chi connectivity index (χ3n) is 4.38. The number of carbonyl (C=O) groups is 1. The van der Waals surface area contributed by atoms with Gasteiger partial charge in [-0.1, -0.05) is 42.1 Å². The molecule has 0 unspecified atom stereocenters. The molecule has 0 fully saturated rings. The van der Waals surface area contributed by atoms with Gasteiger partial charge < -0.3 is 5.11 Å². The largest absolute Gasteiger partial charge is 0.400 e. The van der Waals surface area contributed by atoms with Gasteiger partial charge in [0.05, 0.1) is 0 Å². The number of aldehydes is 1. The fourth-order valence-corrected chi connectivity index (χ4v) is 5.24. The average Bonchev–Trinajstić information content (AvgIpc) is 3.23. The van der Waals surface area contributed by atoms with Gasteiger partial charge in [0.2, 0.25) is 0 Å². The molecule has 4 aromatic rings. The first kappa shape index (κ1) is 22.8. The average molecular weight is 450 g/mol. The lowest BCUT2D eigenvalue weighted by atomic mass is 10.1. The Balaban J connectivity index is 0.00000132. The molecule has 0 amide bonds. The molecule has 0 atom stereocenters. The van der Waals surface area contributed by atoms with Crippen LogP contribution in [0.2, 0.25) is 0 Å². The van der Waals surface area contributed by atoms with E-state index in [4.69, 9.17) is 5.11 Å². The molecular formula is C24H23N3O2S2. The Hall–Kier alpha value is -2.87. The first-order chi connectivity index (χ1) is 15.1. The van der Waals surface area contributed by atoms with Crippen LogP contribution in [0.3, 0.4) is 0 Å². The zero-order valence-corrected chi connectivity index (χ0v) is 19.2. The molecule has 1 N–H and O–H groups in total. The molecule has 3 aromatic heterocycles. The molecule has 31 heavy (non-hydrogen) atoms. The summed E-state index contributed by atoms with van der Waals surface area (Å²) in [6, 6.07) is 15.9. The predicted molar refractivity (Wildman–Crippen MR) is 128 cm³/mol. The minimum atomic E-state index is 0.678. The van der Waals surface area contributed by atoms with Crippen LogP contribution in [0, 0.1) is 13.8 Å². The van der Waals surface area contributed by atoms with E-state index in [2.05, 4.69) is 27.1 Å². The summed E-state index contributed by atoms with van der Waals surface area (Å²) in [6.07, 6.45) is 4.53. The highest BCUT2D eigenvalue weighted by atomic mass is 32.2. The van der Waals surface area contributed by atoms with Gasteiger partial charge in [-0.2, -0.15) is 0 Å². The number of benzene rings is 1. The van der Waals surface area contributed by atoms with Crippen molar-refractivity contribution in [2.24, 2.45) is 0 Å². The highest BCUT2D eigenvalue weighted by molar-refractivity contribution is 7.98. The molecule has 0 saturated carbocycles. The van der Waals surface area contributed by atoms with Crippen LogP contribution in [-0.4, -0.2) is 33.5 Å². The number of nitrogens with zero attached hydrogens (tertiary/aromatic N) is 3. The third kappa shape index (κ3) is 5.85. The van der Waals surface area contributed by atoms with E-state index in [-0.39, 0.29) is 0 Å². The minimum Gasteiger partial charge on any atom is -0.400 e. The number of hydrogen-bond donors (Lipinski definition) is 1. The van der Waals surface area contributed by atoms with E-state index in [0.717, 1.165) is 46.8 Å². The van der Waals surface area contributed by atoms with Crippen LogP contribution in [-0.2, 0) is 5.75 Å². The van der Waals surface area contributed by atoms with Crippen LogP contribution >= 0.6 is 23.1 Å². The number of rotatable bonds is 6. The topological polar surface area (TPSA) is 76.0 Å². The second kappa shape index (κ2) is 10.9. The number of carbonyl (C=O) groups excluding carboxylic acids is 1. The summed E-state index contributed by atoms with van der Waals surface area (Å²) in [7, 11) is 1.00. The van der Waals surface area contributed by atoms with Crippen LogP contribution in [0.15, 0.2) is 66.1 Å². The number of pyridine rings is 1. The first-order valence-corrected chi connectivity index (χ1v) is 11.4. The van der Waals surface area contributed by atoms with E-state index >= 15 is 0 Å². The standard InChI is InChI=1S/C23H19N3OS2.CH4O/c1-15-10-16(2)26-23(25-15)28-14-20-11-21(19-4-3-9-24-12-19)29-22(20)18-7-5-17(13-27)6-8-18;1-2/h3-13H,14H2,1-2H3;2H,1H3. The summed E-state index contributed by atoms with van der Waals surface area (Å²) in [5, 5.41) is 7.79. The monoisotopic (exact) mass is 449 g/mol. The summed E-state index contributed by atoms with van der Waals surface area (Å²) in [5.74, 6) is 0.768. The van der Waals surface area contributed by atoms with E-state index in [0.29, 0.717) is 5.56 Å². The van der Waals surface area contributed by atoms with Gasteiger partial charge in [0.25, 0.3) is 0 Å². The van der Waals surface area contributed by atoms with Crippen molar-refractivity contribution < 1.29 is 9.90 Å². The first-order valence-electron chi connectivity index (χ1n) is 9.61. The van der Waals surface area contributed by atoms with E-state index < -0.39 is 0 Å². The summed E-state index contributed by atoms with van der Waals surface area (Å²) in [5.41, 5.74) is 6.06. The molecule has 5 nitrogen and oxygen atoms in total. The van der Waals surface area contributed by atoms with Crippen molar-refractivity contribution in [3.8, 4) is 20.9 Å². The highest BCUT2D eigenvalue weighted by Gasteiger charge is 2.14. The number of thioether (sulfide) groups is 1. The van der Waals surface area contributed by atoms with Crippen LogP contribution in [0.4, 0.5) is 0 Å². The van der Waals surface area contributed by atoms with E-state index in [1.54, 1.807) is 29.3 Å². The van der Waals surface area contributed by atoms with Gasteiger partial charge in [-0.05, 0) is 43.2 Å². The Morgan fingerprint density at radius 2 is 1.71 bits per heavy atom. The lowest BCUT2D eigenvalue weighted by Crippen LogP contribution is -1.93. The Labute approximate surface area is 190 Å². The van der Waals surface area contributed by atoms with Gasteiger partial charge in [-0.25, -0.2) is 9.97 Å². The number of aromatic nitrogens is 3. The molecule has 0 bridgehead atoms. The second-order valence-corrected chi connectivity index (χ2v) is 8.66. The number of hydrogen-bond acceptors (Lipinski definition) is 7. The van der Waals surface area contributed by atoms with Gasteiger partial charge in [-0.3, -0.25) is 9.78 Å². The van der Waals surface area contributed by atoms with Crippen LogP contribution in [0.5, 0.6) is 0 Å². The minimum absolute atomic E-state index is 0.678. The molecule has 0 spiro atoms. The summed E-state index contributed by atoms with van der Waals surface area (Å²) in [6.45, 7) is 3.98. The Bertz CT molecular complexity index is 1120. The summed E-state index contributed by atoms with van der Waals surface area (Å²) >= 11 is 3.38. The highest BCUT2D eigenvalue weighted by Crippen LogP contribution is 2.40. The number of aryl methyl sites for hydroxylation is 2. The molecule has 0 aliphatic carbocycles. The van der Waals surface area contributed by atoms with Crippen molar-refractivity contribution in [3.05, 3.63) is 83.4 Å². The maximum absolute atomic E-state index is 11.0. The van der Waals surface area contributed by atoms with Crippen LogP contribution < -0.4 is 0 Å². The van der Waals surface area contributed by atoms with E-state index in [1.807, 2.05) is 56.4 Å². The van der Waals surface area contributed by atoms with Gasteiger partial charge >= 0.3 is 0 Å². The number of aliphatic hydroxyl groups is 1. The van der Waals surface area contributed by atoms with Gasteiger partial charge in [0.1, 0.15) is 6.29 Å². The molecule has 3 heterocycles. The fourth-order valence-electron chi connectivity index (χ4n) is 3.04. The van der Waals surface area contributed by atoms with Gasteiger partial charge in [-0.15, -0.1) is 11.3 Å². The Morgan fingerprint density at radius 3 is 2.32 bits per heavy atom. The van der Waals surface area contributed by atoms with Crippen molar-refractivity contribution in [2.45, 2.75) is 24.8 Å². The van der Waals surface area contributed by atoms with Gasteiger partial charge in [0.15, 0.2) is 5.16 Å². The normalized spacial score (nSPS) is 10.3. The molecule has 0 radical (unpaired) electrons. The quantitative estimate of drug-likeness (QED) is 0.235. The summed E-state index contributed by atoms with van der Waals surface area (Å²) < 4.78 is 0. The second-order valence-electron chi connectivity index (χ2n) is 6.67. The SMILES string of the molecule is CO.Cc1cc(C)nc(SCc2cc(-c3cccnc3)sc2-c2ccc(C=O)cc2)n1. The van der Waals surface area contributed by atoms with Gasteiger partial charge in [0, 0.05) is 57.5 Å². The van der Waals surface area contributed by atoms with Crippen molar-refractivity contribution in [2.75, 3.05) is 7.11 Å².